The molecule has 108 valence electrons. The minimum Gasteiger partial charge on any atom is -0.381 e. The van der Waals surface area contributed by atoms with Gasteiger partial charge < -0.3 is 9.47 Å². The molecule has 0 bridgehead atoms. The minimum absolute atomic E-state index is 0.193. The Morgan fingerprint density at radius 1 is 1.35 bits per heavy atom. The van der Waals surface area contributed by atoms with E-state index in [-0.39, 0.29) is 6.10 Å². The standard InChI is InChI=1S/C16H22N2O2/c1-2-18-16(12-17,14-6-4-3-5-7-14)13-20-15-8-10-19-11-9-15/h3-7,15,18H,2,8-11,13H2,1H3. The van der Waals surface area contributed by atoms with E-state index in [9.17, 15) is 5.26 Å². The zero-order valence-corrected chi connectivity index (χ0v) is 12.0. The molecule has 1 aromatic rings. The van der Waals surface area contributed by atoms with E-state index in [0.717, 1.165) is 38.2 Å². The molecule has 4 nitrogen and oxygen atoms in total. The molecule has 1 N–H and O–H groups in total. The molecule has 0 saturated carbocycles. The molecule has 0 aromatic heterocycles. The van der Waals surface area contributed by atoms with Gasteiger partial charge in [0.05, 0.1) is 18.8 Å². The Bertz CT molecular complexity index is 438. The van der Waals surface area contributed by atoms with Gasteiger partial charge in [-0.15, -0.1) is 0 Å². The van der Waals surface area contributed by atoms with Crippen LogP contribution in [0, 0.1) is 11.3 Å². The van der Waals surface area contributed by atoms with Crippen LogP contribution in [-0.4, -0.2) is 32.5 Å². The van der Waals surface area contributed by atoms with Crippen molar-refractivity contribution in [3.8, 4) is 6.07 Å². The molecule has 1 aliphatic heterocycles. The van der Waals surface area contributed by atoms with Crippen molar-refractivity contribution in [3.63, 3.8) is 0 Å². The first-order valence-electron chi connectivity index (χ1n) is 7.22. The molecule has 1 saturated heterocycles. The first-order valence-corrected chi connectivity index (χ1v) is 7.22. The van der Waals surface area contributed by atoms with E-state index in [1.165, 1.54) is 0 Å². The van der Waals surface area contributed by atoms with Crippen LogP contribution < -0.4 is 5.32 Å². The highest BCUT2D eigenvalue weighted by Gasteiger charge is 2.33. The second-order valence-corrected chi connectivity index (χ2v) is 5.04. The number of rotatable bonds is 6. The van der Waals surface area contributed by atoms with Gasteiger partial charge in [0.15, 0.2) is 5.54 Å². The molecule has 4 heteroatoms. The fourth-order valence-corrected chi connectivity index (χ4v) is 2.48. The van der Waals surface area contributed by atoms with Crippen molar-refractivity contribution in [3.05, 3.63) is 35.9 Å². The van der Waals surface area contributed by atoms with Gasteiger partial charge in [0.2, 0.25) is 0 Å². The normalized spacial score (nSPS) is 19.2. The fraction of sp³-hybridized carbons (Fsp3) is 0.562. The molecule has 1 unspecified atom stereocenters. The Labute approximate surface area is 120 Å². The maximum absolute atomic E-state index is 9.67. The van der Waals surface area contributed by atoms with Crippen LogP contribution in [0.2, 0.25) is 0 Å². The lowest BCUT2D eigenvalue weighted by atomic mass is 9.92. The van der Waals surface area contributed by atoms with Crippen molar-refractivity contribution in [2.24, 2.45) is 0 Å². The van der Waals surface area contributed by atoms with Crippen molar-refractivity contribution in [2.75, 3.05) is 26.4 Å². The summed E-state index contributed by atoms with van der Waals surface area (Å²) in [6.45, 7) is 4.59. The average Bonchev–Trinajstić information content (AvgIpc) is 2.53. The lowest BCUT2D eigenvalue weighted by Crippen LogP contribution is -2.46. The predicted octanol–water partition coefficient (Wildman–Crippen LogP) is 2.21. The van der Waals surface area contributed by atoms with Gasteiger partial charge in [0.25, 0.3) is 0 Å². The van der Waals surface area contributed by atoms with E-state index < -0.39 is 5.54 Å². The fourth-order valence-electron chi connectivity index (χ4n) is 2.48. The molecule has 1 heterocycles. The van der Waals surface area contributed by atoms with Gasteiger partial charge in [-0.1, -0.05) is 37.3 Å². The first-order chi connectivity index (χ1) is 9.80. The topological polar surface area (TPSA) is 54.3 Å². The zero-order chi connectivity index (χ0) is 14.3. The molecule has 2 rings (SSSR count). The van der Waals surface area contributed by atoms with Gasteiger partial charge >= 0.3 is 0 Å². The van der Waals surface area contributed by atoms with Gasteiger partial charge in [-0.2, -0.15) is 5.26 Å². The quantitative estimate of drug-likeness (QED) is 0.864. The van der Waals surface area contributed by atoms with E-state index in [0.29, 0.717) is 6.61 Å². The summed E-state index contributed by atoms with van der Waals surface area (Å²) in [5.74, 6) is 0. The van der Waals surface area contributed by atoms with E-state index in [2.05, 4.69) is 11.4 Å². The maximum Gasteiger partial charge on any atom is 0.155 e. The monoisotopic (exact) mass is 274 g/mol. The Morgan fingerprint density at radius 2 is 2.05 bits per heavy atom. The number of hydrogen-bond acceptors (Lipinski definition) is 4. The summed E-state index contributed by atoms with van der Waals surface area (Å²) in [6.07, 6.45) is 2.00. The third-order valence-electron chi connectivity index (χ3n) is 3.64. The number of ether oxygens (including phenoxy) is 2. The van der Waals surface area contributed by atoms with E-state index in [1.807, 2.05) is 37.3 Å². The van der Waals surface area contributed by atoms with Crippen LogP contribution in [0.15, 0.2) is 30.3 Å². The second-order valence-electron chi connectivity index (χ2n) is 5.04. The summed E-state index contributed by atoms with van der Waals surface area (Å²) < 4.78 is 11.3. The third kappa shape index (κ3) is 3.57. The summed E-state index contributed by atoms with van der Waals surface area (Å²) >= 11 is 0. The van der Waals surface area contributed by atoms with Crippen molar-refractivity contribution >= 4 is 0 Å². The molecule has 20 heavy (non-hydrogen) atoms. The van der Waals surface area contributed by atoms with Crippen molar-refractivity contribution in [1.82, 2.24) is 5.32 Å². The van der Waals surface area contributed by atoms with Crippen molar-refractivity contribution < 1.29 is 9.47 Å². The lowest BCUT2D eigenvalue weighted by molar-refractivity contribution is -0.0456. The Balaban J connectivity index is 2.08. The molecule has 0 amide bonds. The number of likely N-dealkylation sites (N-methyl/N-ethyl adjacent to an activating group) is 1. The molecular formula is C16H22N2O2. The highest BCUT2D eigenvalue weighted by Crippen LogP contribution is 2.23. The largest absolute Gasteiger partial charge is 0.381 e. The van der Waals surface area contributed by atoms with E-state index in [4.69, 9.17) is 9.47 Å². The van der Waals surface area contributed by atoms with Gasteiger partial charge in [0, 0.05) is 13.2 Å². The number of nitrogens with zero attached hydrogens (tertiary/aromatic N) is 1. The summed E-state index contributed by atoms with van der Waals surface area (Å²) in [7, 11) is 0. The predicted molar refractivity (Wildman–Crippen MR) is 77.2 cm³/mol. The number of nitrogens with one attached hydrogen (secondary N) is 1. The Morgan fingerprint density at radius 3 is 2.65 bits per heavy atom. The minimum atomic E-state index is -0.770. The zero-order valence-electron chi connectivity index (χ0n) is 12.0. The summed E-state index contributed by atoms with van der Waals surface area (Å²) in [4.78, 5) is 0. The van der Waals surface area contributed by atoms with Crippen molar-refractivity contribution in [1.29, 1.82) is 5.26 Å². The molecule has 1 atom stereocenters. The van der Waals surface area contributed by atoms with Gasteiger partial charge in [0.1, 0.15) is 0 Å². The highest BCUT2D eigenvalue weighted by atomic mass is 16.5. The molecule has 0 spiro atoms. The van der Waals surface area contributed by atoms with Crippen LogP contribution in [0.4, 0.5) is 0 Å². The SMILES string of the molecule is CCNC(C#N)(COC1CCOCC1)c1ccccc1. The molecule has 0 aliphatic carbocycles. The van der Waals surface area contributed by atoms with Crippen LogP contribution >= 0.6 is 0 Å². The molecular weight excluding hydrogens is 252 g/mol. The van der Waals surface area contributed by atoms with Crippen molar-refractivity contribution in [2.45, 2.75) is 31.4 Å². The lowest BCUT2D eigenvalue weighted by Gasteiger charge is -2.31. The summed E-state index contributed by atoms with van der Waals surface area (Å²) in [5.41, 5.74) is 0.185. The van der Waals surface area contributed by atoms with Gasteiger partial charge in [-0.3, -0.25) is 5.32 Å². The molecule has 1 aliphatic rings. The molecule has 1 fully saturated rings. The second kappa shape index (κ2) is 7.39. The maximum atomic E-state index is 9.67. The molecule has 0 radical (unpaired) electrons. The van der Waals surface area contributed by atoms with Gasteiger partial charge in [-0.05, 0) is 24.9 Å². The van der Waals surface area contributed by atoms with Crippen LogP contribution in [0.25, 0.3) is 0 Å². The van der Waals surface area contributed by atoms with E-state index >= 15 is 0 Å². The van der Waals surface area contributed by atoms with Crippen LogP contribution in [0.5, 0.6) is 0 Å². The third-order valence-corrected chi connectivity index (χ3v) is 3.64. The number of hydrogen-bond donors (Lipinski definition) is 1. The number of benzene rings is 1. The number of nitriles is 1. The molecule has 1 aromatic carbocycles. The Hall–Kier alpha value is -1.41. The summed E-state index contributed by atoms with van der Waals surface area (Å²) in [6, 6.07) is 12.2. The summed E-state index contributed by atoms with van der Waals surface area (Å²) in [5, 5.41) is 13.0. The smallest absolute Gasteiger partial charge is 0.155 e. The first kappa shape index (κ1) is 15.0. The van der Waals surface area contributed by atoms with Crippen LogP contribution in [-0.2, 0) is 15.0 Å². The van der Waals surface area contributed by atoms with Crippen LogP contribution in [0.3, 0.4) is 0 Å². The highest BCUT2D eigenvalue weighted by molar-refractivity contribution is 5.31. The van der Waals surface area contributed by atoms with Crippen LogP contribution in [0.1, 0.15) is 25.3 Å². The average molecular weight is 274 g/mol. The van der Waals surface area contributed by atoms with Gasteiger partial charge in [-0.25, -0.2) is 0 Å². The Kier molecular flexibility index (Phi) is 5.54. The van der Waals surface area contributed by atoms with E-state index in [1.54, 1.807) is 0 Å².